The Morgan fingerprint density at radius 2 is 1.76 bits per heavy atom. The van der Waals surface area contributed by atoms with Gasteiger partial charge >= 0.3 is 6.18 Å². The van der Waals surface area contributed by atoms with Crippen LogP contribution in [0.25, 0.3) is 5.69 Å². The fourth-order valence-electron chi connectivity index (χ4n) is 3.21. The number of rotatable bonds is 7. The number of aromatic nitrogens is 3. The van der Waals surface area contributed by atoms with Gasteiger partial charge in [-0.3, -0.25) is 4.79 Å². The first kappa shape index (κ1) is 23.3. The van der Waals surface area contributed by atoms with Crippen LogP contribution in [0.15, 0.2) is 79.1 Å². The number of pyridine rings is 1. The Balaban J connectivity index is 1.47. The summed E-state index contributed by atoms with van der Waals surface area (Å²) in [7, 11) is 0. The van der Waals surface area contributed by atoms with Gasteiger partial charge in [-0.25, -0.2) is 9.67 Å². The summed E-state index contributed by atoms with van der Waals surface area (Å²) in [4.78, 5) is 16.8. The van der Waals surface area contributed by atoms with E-state index in [4.69, 9.17) is 16.3 Å². The van der Waals surface area contributed by atoms with E-state index in [9.17, 15) is 18.0 Å². The molecule has 2 aromatic heterocycles. The number of ether oxygens (including phenoxy) is 1. The molecule has 10 heteroatoms. The molecule has 0 atom stereocenters. The molecule has 2 heterocycles. The van der Waals surface area contributed by atoms with Gasteiger partial charge in [0.15, 0.2) is 5.69 Å². The van der Waals surface area contributed by atoms with E-state index in [2.05, 4.69) is 15.4 Å². The Morgan fingerprint density at radius 3 is 2.47 bits per heavy atom. The van der Waals surface area contributed by atoms with Gasteiger partial charge in [0.1, 0.15) is 6.61 Å². The third kappa shape index (κ3) is 5.55. The minimum Gasteiger partial charge on any atom is -0.473 e. The smallest absolute Gasteiger partial charge is 0.434 e. The van der Waals surface area contributed by atoms with Gasteiger partial charge in [0.05, 0.1) is 17.4 Å². The Hall–Kier alpha value is -3.85. The second-order valence-corrected chi connectivity index (χ2v) is 7.69. The Labute approximate surface area is 198 Å². The molecule has 0 aliphatic carbocycles. The lowest BCUT2D eigenvalue weighted by Gasteiger charge is -2.13. The number of carbonyl (C=O) groups is 1. The van der Waals surface area contributed by atoms with Crippen LogP contribution in [0.5, 0.6) is 5.88 Å². The highest BCUT2D eigenvalue weighted by Gasteiger charge is 2.40. The maximum atomic E-state index is 13.8. The van der Waals surface area contributed by atoms with Crippen molar-refractivity contribution < 1.29 is 22.7 Å². The third-order valence-corrected chi connectivity index (χ3v) is 5.09. The van der Waals surface area contributed by atoms with Crippen molar-refractivity contribution >= 4 is 17.5 Å². The summed E-state index contributed by atoms with van der Waals surface area (Å²) in [6.45, 7) is 0.287. The first-order valence-electron chi connectivity index (χ1n) is 10.1. The van der Waals surface area contributed by atoms with Gasteiger partial charge in [-0.05, 0) is 41.5 Å². The van der Waals surface area contributed by atoms with Crippen molar-refractivity contribution in [1.82, 2.24) is 20.1 Å². The van der Waals surface area contributed by atoms with Gasteiger partial charge in [-0.2, -0.15) is 18.3 Å². The molecule has 0 saturated heterocycles. The molecule has 0 spiro atoms. The summed E-state index contributed by atoms with van der Waals surface area (Å²) in [5.41, 5.74) is -0.0541. The van der Waals surface area contributed by atoms with Crippen molar-refractivity contribution in [3.8, 4) is 11.6 Å². The molecule has 0 aliphatic rings. The van der Waals surface area contributed by atoms with Gasteiger partial charge < -0.3 is 10.1 Å². The van der Waals surface area contributed by atoms with E-state index in [1.807, 2.05) is 30.3 Å². The number of halogens is 4. The summed E-state index contributed by atoms with van der Waals surface area (Å²) < 4.78 is 47.8. The Bertz CT molecular complexity index is 1280. The molecule has 1 N–H and O–H groups in total. The van der Waals surface area contributed by atoms with Crippen LogP contribution in [0.1, 0.15) is 27.2 Å². The van der Waals surface area contributed by atoms with Gasteiger partial charge in [0.2, 0.25) is 5.88 Å². The number of nitrogens with one attached hydrogen (secondary N) is 1. The van der Waals surface area contributed by atoms with Crippen molar-refractivity contribution in [1.29, 1.82) is 0 Å². The zero-order valence-corrected chi connectivity index (χ0v) is 18.3. The second kappa shape index (κ2) is 9.96. The van der Waals surface area contributed by atoms with Crippen LogP contribution in [0.4, 0.5) is 13.2 Å². The van der Waals surface area contributed by atoms with E-state index in [0.717, 1.165) is 11.8 Å². The Kier molecular flexibility index (Phi) is 6.83. The van der Waals surface area contributed by atoms with Crippen LogP contribution >= 0.6 is 11.6 Å². The highest BCUT2D eigenvalue weighted by molar-refractivity contribution is 6.30. The second-order valence-electron chi connectivity index (χ2n) is 7.25. The van der Waals surface area contributed by atoms with Crippen molar-refractivity contribution in [2.24, 2.45) is 0 Å². The largest absolute Gasteiger partial charge is 0.473 e. The molecule has 6 nitrogen and oxygen atoms in total. The van der Waals surface area contributed by atoms with Gasteiger partial charge in [0, 0.05) is 23.8 Å². The lowest BCUT2D eigenvalue weighted by molar-refractivity contribution is -0.143. The van der Waals surface area contributed by atoms with Crippen LogP contribution in [0.2, 0.25) is 5.02 Å². The molecule has 0 radical (unpaired) electrons. The predicted molar refractivity (Wildman–Crippen MR) is 120 cm³/mol. The van der Waals surface area contributed by atoms with E-state index in [-0.39, 0.29) is 12.2 Å². The predicted octanol–water partition coefficient (Wildman–Crippen LogP) is 5.45. The highest BCUT2D eigenvalue weighted by atomic mass is 35.5. The molecule has 0 fully saturated rings. The van der Waals surface area contributed by atoms with E-state index < -0.39 is 23.3 Å². The van der Waals surface area contributed by atoms with Crippen LogP contribution in [0.3, 0.4) is 0 Å². The van der Waals surface area contributed by atoms with E-state index >= 15 is 0 Å². The number of benzene rings is 2. The topological polar surface area (TPSA) is 69.0 Å². The number of amides is 1. The average molecular weight is 487 g/mol. The van der Waals surface area contributed by atoms with Gasteiger partial charge in [0.25, 0.3) is 5.91 Å². The van der Waals surface area contributed by atoms with Gasteiger partial charge in [-0.1, -0.05) is 41.9 Å². The quantitative estimate of drug-likeness (QED) is 0.377. The third-order valence-electron chi connectivity index (χ3n) is 4.84. The Morgan fingerprint density at radius 1 is 1.03 bits per heavy atom. The molecule has 0 unspecified atom stereocenters. The molecule has 0 saturated carbocycles. The maximum Gasteiger partial charge on any atom is 0.434 e. The van der Waals surface area contributed by atoms with E-state index in [1.165, 1.54) is 30.5 Å². The van der Waals surface area contributed by atoms with Crippen molar-refractivity contribution in [3.63, 3.8) is 0 Å². The number of carbonyl (C=O) groups excluding carboxylic acids is 1. The number of hydrogen-bond donors (Lipinski definition) is 1. The molecule has 4 rings (SSSR count). The van der Waals surface area contributed by atoms with Crippen LogP contribution < -0.4 is 10.1 Å². The monoisotopic (exact) mass is 486 g/mol. The van der Waals surface area contributed by atoms with E-state index in [1.54, 1.807) is 12.1 Å². The summed E-state index contributed by atoms with van der Waals surface area (Å²) in [6, 6.07) is 18.4. The molecule has 34 heavy (non-hydrogen) atoms. The first-order valence-corrected chi connectivity index (χ1v) is 10.5. The molecule has 0 aliphatic heterocycles. The zero-order valence-electron chi connectivity index (χ0n) is 17.6. The molecule has 2 aromatic carbocycles. The van der Waals surface area contributed by atoms with Crippen LogP contribution in [-0.4, -0.2) is 20.7 Å². The standard InChI is InChI=1S/C24H18ClF3N4O2/c25-18-6-8-19(9-7-18)32-22(24(26,27)28)20(14-31-32)23(33)30-13-17-10-11-29-21(12-17)34-15-16-4-2-1-3-5-16/h1-12,14H,13,15H2,(H,30,33). The summed E-state index contributed by atoms with van der Waals surface area (Å²) >= 11 is 5.82. The van der Waals surface area contributed by atoms with Crippen LogP contribution in [-0.2, 0) is 19.3 Å². The van der Waals surface area contributed by atoms with Crippen LogP contribution in [0, 0.1) is 0 Å². The SMILES string of the molecule is O=C(NCc1ccnc(OCc2ccccc2)c1)c1cnn(-c2ccc(Cl)cc2)c1C(F)(F)F. The minimum absolute atomic E-state index is 0.0214. The molecular formula is C24H18ClF3N4O2. The van der Waals surface area contributed by atoms with E-state index in [0.29, 0.717) is 27.8 Å². The average Bonchev–Trinajstić information content (AvgIpc) is 3.29. The number of nitrogens with zero attached hydrogens (tertiary/aromatic N) is 3. The molecule has 174 valence electrons. The first-order chi connectivity index (χ1) is 16.3. The molecular weight excluding hydrogens is 469 g/mol. The summed E-state index contributed by atoms with van der Waals surface area (Å²) in [5, 5.41) is 6.66. The fraction of sp³-hybridized carbons (Fsp3) is 0.125. The lowest BCUT2D eigenvalue weighted by atomic mass is 10.2. The molecule has 1 amide bonds. The van der Waals surface area contributed by atoms with Crippen molar-refractivity contribution in [2.45, 2.75) is 19.3 Å². The summed E-state index contributed by atoms with van der Waals surface area (Å²) in [5.74, 6) is -0.571. The molecule has 4 aromatic rings. The maximum absolute atomic E-state index is 13.8. The zero-order chi connectivity index (χ0) is 24.1. The lowest BCUT2D eigenvalue weighted by Crippen LogP contribution is -2.26. The normalized spacial score (nSPS) is 11.3. The minimum atomic E-state index is -4.81. The van der Waals surface area contributed by atoms with Gasteiger partial charge in [-0.15, -0.1) is 0 Å². The molecule has 0 bridgehead atoms. The number of hydrogen-bond acceptors (Lipinski definition) is 4. The fourth-order valence-corrected chi connectivity index (χ4v) is 3.34. The number of alkyl halides is 3. The summed E-state index contributed by atoms with van der Waals surface area (Å²) in [6.07, 6.45) is -2.41. The van der Waals surface area contributed by atoms with Crippen molar-refractivity contribution in [2.75, 3.05) is 0 Å². The highest BCUT2D eigenvalue weighted by Crippen LogP contribution is 2.34. The van der Waals surface area contributed by atoms with Crippen molar-refractivity contribution in [3.05, 3.63) is 107 Å².